The van der Waals surface area contributed by atoms with E-state index in [1.165, 1.54) is 7.11 Å². The second-order valence-electron chi connectivity index (χ2n) is 5.19. The van der Waals surface area contributed by atoms with Gasteiger partial charge in [-0.2, -0.15) is 0 Å². The van der Waals surface area contributed by atoms with Crippen molar-refractivity contribution in [1.29, 1.82) is 0 Å². The van der Waals surface area contributed by atoms with Gasteiger partial charge in [-0.25, -0.2) is 4.79 Å². The molecule has 0 aliphatic rings. The molecule has 0 radical (unpaired) electrons. The van der Waals surface area contributed by atoms with Gasteiger partial charge in [-0.05, 0) is 11.0 Å². The second-order valence-corrected chi connectivity index (χ2v) is 5.19. The van der Waals surface area contributed by atoms with Crippen molar-refractivity contribution in [2.45, 2.75) is 27.2 Å². The molecule has 1 rings (SSSR count). The molecule has 0 bridgehead atoms. The second kappa shape index (κ2) is 5.67. The molecular formula is C15H20O2. The fourth-order valence-corrected chi connectivity index (χ4v) is 1.65. The van der Waals surface area contributed by atoms with Crippen LogP contribution < -0.4 is 0 Å². The van der Waals surface area contributed by atoms with E-state index in [-0.39, 0.29) is 11.4 Å². The summed E-state index contributed by atoms with van der Waals surface area (Å²) in [5.41, 5.74) is 1.80. The van der Waals surface area contributed by atoms with Gasteiger partial charge < -0.3 is 4.74 Å². The Balaban J connectivity index is 2.93. The van der Waals surface area contributed by atoms with Gasteiger partial charge in [0.2, 0.25) is 0 Å². The van der Waals surface area contributed by atoms with Crippen molar-refractivity contribution >= 4 is 5.97 Å². The summed E-state index contributed by atoms with van der Waals surface area (Å²) >= 11 is 0. The van der Waals surface area contributed by atoms with Crippen LogP contribution in [0.4, 0.5) is 0 Å². The zero-order valence-electron chi connectivity index (χ0n) is 11.0. The summed E-state index contributed by atoms with van der Waals surface area (Å²) in [6, 6.07) is 9.94. The lowest BCUT2D eigenvalue weighted by Gasteiger charge is -2.15. The number of methoxy groups -OCH3 is 1. The van der Waals surface area contributed by atoms with Crippen LogP contribution in [-0.2, 0) is 16.0 Å². The van der Waals surface area contributed by atoms with Crippen LogP contribution in [0.1, 0.15) is 26.3 Å². The molecule has 0 amide bonds. The third-order valence-corrected chi connectivity index (χ3v) is 2.29. The highest BCUT2D eigenvalue weighted by Gasteiger charge is 2.15. The van der Waals surface area contributed by atoms with Crippen LogP contribution in [-0.4, -0.2) is 13.1 Å². The van der Waals surface area contributed by atoms with Crippen molar-refractivity contribution in [2.24, 2.45) is 5.41 Å². The summed E-state index contributed by atoms with van der Waals surface area (Å²) in [6.07, 6.45) is 2.59. The topological polar surface area (TPSA) is 26.3 Å². The maximum Gasteiger partial charge on any atom is 0.333 e. The number of esters is 1. The van der Waals surface area contributed by atoms with Crippen LogP contribution >= 0.6 is 0 Å². The Morgan fingerprint density at radius 1 is 1.24 bits per heavy atom. The molecule has 0 saturated carbocycles. The van der Waals surface area contributed by atoms with Crippen molar-refractivity contribution in [3.63, 3.8) is 0 Å². The monoisotopic (exact) mass is 232 g/mol. The summed E-state index contributed by atoms with van der Waals surface area (Å²) in [6.45, 7) is 6.21. The van der Waals surface area contributed by atoms with E-state index < -0.39 is 0 Å². The highest BCUT2D eigenvalue weighted by Crippen LogP contribution is 2.20. The predicted octanol–water partition coefficient (Wildman–Crippen LogP) is 3.37. The Labute approximate surface area is 103 Å². The van der Waals surface area contributed by atoms with Gasteiger partial charge >= 0.3 is 5.97 Å². The van der Waals surface area contributed by atoms with Crippen LogP contribution in [0, 0.1) is 5.41 Å². The van der Waals surface area contributed by atoms with Gasteiger partial charge in [-0.1, -0.05) is 57.2 Å². The van der Waals surface area contributed by atoms with E-state index in [2.05, 4.69) is 20.8 Å². The van der Waals surface area contributed by atoms with Crippen LogP contribution in [0.25, 0.3) is 0 Å². The highest BCUT2D eigenvalue weighted by molar-refractivity contribution is 5.89. The maximum absolute atomic E-state index is 11.7. The van der Waals surface area contributed by atoms with Crippen molar-refractivity contribution in [2.75, 3.05) is 7.11 Å². The number of benzene rings is 1. The smallest absolute Gasteiger partial charge is 0.333 e. The lowest BCUT2D eigenvalue weighted by molar-refractivity contribution is -0.136. The molecule has 0 aromatic heterocycles. The molecule has 2 nitrogen and oxygen atoms in total. The summed E-state index contributed by atoms with van der Waals surface area (Å²) in [7, 11) is 1.42. The van der Waals surface area contributed by atoms with Crippen LogP contribution in [0.2, 0.25) is 0 Å². The van der Waals surface area contributed by atoms with E-state index >= 15 is 0 Å². The number of rotatable bonds is 3. The van der Waals surface area contributed by atoms with Gasteiger partial charge in [0.1, 0.15) is 0 Å². The Kier molecular flexibility index (Phi) is 4.50. The molecule has 0 unspecified atom stereocenters. The minimum Gasteiger partial charge on any atom is -0.466 e. The predicted molar refractivity (Wildman–Crippen MR) is 69.7 cm³/mol. The van der Waals surface area contributed by atoms with Crippen molar-refractivity contribution in [3.8, 4) is 0 Å². The van der Waals surface area contributed by atoms with Gasteiger partial charge in [0.25, 0.3) is 0 Å². The first kappa shape index (κ1) is 13.5. The van der Waals surface area contributed by atoms with E-state index in [0.29, 0.717) is 12.0 Å². The van der Waals surface area contributed by atoms with Crippen molar-refractivity contribution in [3.05, 3.63) is 47.5 Å². The first-order valence-corrected chi connectivity index (χ1v) is 5.76. The molecular weight excluding hydrogens is 212 g/mol. The lowest BCUT2D eigenvalue weighted by Crippen LogP contribution is -2.12. The molecule has 17 heavy (non-hydrogen) atoms. The average Bonchev–Trinajstić information content (AvgIpc) is 2.27. The van der Waals surface area contributed by atoms with E-state index in [1.54, 1.807) is 0 Å². The first-order valence-electron chi connectivity index (χ1n) is 5.76. The number of hydrogen-bond acceptors (Lipinski definition) is 2. The fourth-order valence-electron chi connectivity index (χ4n) is 1.65. The van der Waals surface area contributed by atoms with Crippen LogP contribution in [0.5, 0.6) is 0 Å². The minimum atomic E-state index is -0.247. The molecule has 2 heteroatoms. The first-order chi connectivity index (χ1) is 7.92. The standard InChI is InChI=1S/C15H20O2/c1-15(2,3)11-13(14(16)17-4)10-12-8-6-5-7-9-12/h5-9,11H,10H2,1-4H3/b13-11-. The molecule has 92 valence electrons. The molecule has 0 aliphatic carbocycles. The van der Waals surface area contributed by atoms with Gasteiger partial charge in [-0.3, -0.25) is 0 Å². The van der Waals surface area contributed by atoms with Gasteiger partial charge in [0.05, 0.1) is 7.11 Å². The molecule has 0 spiro atoms. The molecule has 0 heterocycles. The summed E-state index contributed by atoms with van der Waals surface area (Å²) in [4.78, 5) is 11.7. The number of allylic oxidation sites excluding steroid dienone is 1. The average molecular weight is 232 g/mol. The summed E-state index contributed by atoms with van der Waals surface area (Å²) in [5.74, 6) is -0.247. The zero-order valence-corrected chi connectivity index (χ0v) is 11.0. The third-order valence-electron chi connectivity index (χ3n) is 2.29. The normalized spacial score (nSPS) is 12.4. The van der Waals surface area contributed by atoms with Gasteiger partial charge in [0.15, 0.2) is 0 Å². The summed E-state index contributed by atoms with van der Waals surface area (Å²) < 4.78 is 4.82. The molecule has 0 N–H and O–H groups in total. The lowest BCUT2D eigenvalue weighted by atomic mass is 9.91. The van der Waals surface area contributed by atoms with Crippen molar-refractivity contribution < 1.29 is 9.53 Å². The number of ether oxygens (including phenoxy) is 1. The van der Waals surface area contributed by atoms with Crippen molar-refractivity contribution in [1.82, 2.24) is 0 Å². The van der Waals surface area contributed by atoms with Crippen LogP contribution in [0.3, 0.4) is 0 Å². The van der Waals surface area contributed by atoms with E-state index in [9.17, 15) is 4.79 Å². The van der Waals surface area contributed by atoms with Gasteiger partial charge in [0, 0.05) is 12.0 Å². The fraction of sp³-hybridized carbons (Fsp3) is 0.400. The highest BCUT2D eigenvalue weighted by atomic mass is 16.5. The molecule has 0 saturated heterocycles. The SMILES string of the molecule is COC(=O)/C(=C\C(C)(C)C)Cc1ccccc1. The number of hydrogen-bond donors (Lipinski definition) is 0. The van der Waals surface area contributed by atoms with E-state index in [0.717, 1.165) is 5.56 Å². The van der Waals surface area contributed by atoms with E-state index in [1.807, 2.05) is 36.4 Å². The summed E-state index contributed by atoms with van der Waals surface area (Å²) in [5, 5.41) is 0. The van der Waals surface area contributed by atoms with Gasteiger partial charge in [-0.15, -0.1) is 0 Å². The maximum atomic E-state index is 11.7. The third kappa shape index (κ3) is 4.85. The molecule has 1 aromatic rings. The zero-order chi connectivity index (χ0) is 12.9. The molecule has 0 atom stereocenters. The quantitative estimate of drug-likeness (QED) is 0.590. The Hall–Kier alpha value is -1.57. The number of carbonyl (C=O) groups is 1. The van der Waals surface area contributed by atoms with E-state index in [4.69, 9.17) is 4.74 Å². The Bertz CT molecular complexity index is 397. The number of carbonyl (C=O) groups excluding carboxylic acids is 1. The molecule has 1 aromatic carbocycles. The molecule has 0 fully saturated rings. The largest absolute Gasteiger partial charge is 0.466 e. The van der Waals surface area contributed by atoms with Crippen LogP contribution in [0.15, 0.2) is 42.0 Å². The Morgan fingerprint density at radius 2 is 1.82 bits per heavy atom. The minimum absolute atomic E-state index is 0.0295. The Morgan fingerprint density at radius 3 is 2.29 bits per heavy atom. The molecule has 0 aliphatic heterocycles.